The van der Waals surface area contributed by atoms with Gasteiger partial charge in [-0.15, -0.1) is 0 Å². The van der Waals surface area contributed by atoms with Gasteiger partial charge in [-0.3, -0.25) is 9.78 Å². The maximum Gasteiger partial charge on any atom is 0.162 e. The van der Waals surface area contributed by atoms with E-state index in [1.165, 1.54) is 0 Å². The second-order valence-electron chi connectivity index (χ2n) is 8.46. The average molecular weight is 416 g/mol. The molecular formula is C22H25N9. The first-order valence-electron chi connectivity index (χ1n) is 10.4. The number of nitrogens with zero attached hydrogens (tertiary/aromatic N) is 6. The number of nitrogens with one attached hydrogen (secondary N) is 3. The standard InChI is InChI=1S/C22H25N9/c1-12-5-19(25-18-11-30(4)29-21(12)18)26-22-20-15(8-23)6-16(7-17(20)27-28-22)31-9-13(2)24-14(3)10-31/h5-7,11,13-14,24H,9-10H2,1-4H3,(H2,25,26,27,28)/t13-,14-/m0/s1. The van der Waals surface area contributed by atoms with Crippen molar-refractivity contribution in [3.63, 3.8) is 0 Å². The average Bonchev–Trinajstić information content (AvgIpc) is 3.30. The van der Waals surface area contributed by atoms with Gasteiger partial charge in [-0.1, -0.05) is 0 Å². The molecule has 0 bridgehead atoms. The van der Waals surface area contributed by atoms with E-state index in [0.29, 0.717) is 29.3 Å². The molecular weight excluding hydrogens is 390 g/mol. The van der Waals surface area contributed by atoms with E-state index >= 15 is 0 Å². The van der Waals surface area contributed by atoms with E-state index in [-0.39, 0.29) is 0 Å². The quantitative estimate of drug-likeness (QED) is 0.472. The van der Waals surface area contributed by atoms with Crippen molar-refractivity contribution in [3.8, 4) is 6.07 Å². The predicted molar refractivity (Wildman–Crippen MR) is 122 cm³/mol. The lowest BCUT2D eigenvalue weighted by atomic mass is 10.1. The highest BCUT2D eigenvalue weighted by Gasteiger charge is 2.23. The Hall–Kier alpha value is -3.64. The van der Waals surface area contributed by atoms with Gasteiger partial charge in [0.25, 0.3) is 0 Å². The van der Waals surface area contributed by atoms with Gasteiger partial charge in [0.15, 0.2) is 5.82 Å². The van der Waals surface area contributed by atoms with Crippen molar-refractivity contribution in [2.24, 2.45) is 7.05 Å². The number of aromatic amines is 1. The Morgan fingerprint density at radius 2 is 1.97 bits per heavy atom. The molecule has 3 aromatic heterocycles. The van der Waals surface area contributed by atoms with Crippen molar-refractivity contribution in [1.29, 1.82) is 5.26 Å². The fourth-order valence-corrected chi connectivity index (χ4v) is 4.50. The third-order valence-corrected chi connectivity index (χ3v) is 5.71. The van der Waals surface area contributed by atoms with Crippen LogP contribution in [0.25, 0.3) is 21.9 Å². The molecule has 1 aliphatic heterocycles. The first-order chi connectivity index (χ1) is 14.9. The first kappa shape index (κ1) is 19.3. The summed E-state index contributed by atoms with van der Waals surface area (Å²) in [7, 11) is 1.88. The minimum atomic E-state index is 0.390. The van der Waals surface area contributed by atoms with E-state index in [1.807, 2.05) is 32.3 Å². The monoisotopic (exact) mass is 415 g/mol. The summed E-state index contributed by atoms with van der Waals surface area (Å²) in [5.74, 6) is 1.26. The molecule has 0 spiro atoms. The van der Waals surface area contributed by atoms with E-state index in [1.54, 1.807) is 4.68 Å². The largest absolute Gasteiger partial charge is 0.368 e. The Bertz CT molecular complexity index is 1320. The van der Waals surface area contributed by atoms with Crippen LogP contribution in [0.15, 0.2) is 24.4 Å². The van der Waals surface area contributed by atoms with Crippen LogP contribution in [0.5, 0.6) is 0 Å². The topological polar surface area (TPSA) is 110 Å². The molecule has 3 N–H and O–H groups in total. The van der Waals surface area contributed by atoms with E-state index in [0.717, 1.165) is 46.3 Å². The minimum Gasteiger partial charge on any atom is -0.368 e. The van der Waals surface area contributed by atoms with Gasteiger partial charge in [0.1, 0.15) is 22.9 Å². The van der Waals surface area contributed by atoms with Gasteiger partial charge in [-0.2, -0.15) is 15.5 Å². The Labute approximate surface area is 180 Å². The van der Waals surface area contributed by atoms with Crippen molar-refractivity contribution in [1.82, 2.24) is 30.3 Å². The van der Waals surface area contributed by atoms with Gasteiger partial charge in [0, 0.05) is 37.9 Å². The van der Waals surface area contributed by atoms with E-state index in [2.05, 4.69) is 61.8 Å². The van der Waals surface area contributed by atoms with Crippen molar-refractivity contribution in [2.75, 3.05) is 23.3 Å². The first-order valence-corrected chi connectivity index (χ1v) is 10.4. The molecule has 0 unspecified atom stereocenters. The molecule has 1 aliphatic rings. The van der Waals surface area contributed by atoms with Crippen LogP contribution < -0.4 is 15.5 Å². The van der Waals surface area contributed by atoms with Crippen molar-refractivity contribution >= 4 is 39.3 Å². The number of fused-ring (bicyclic) bond motifs is 2. The van der Waals surface area contributed by atoms with Gasteiger partial charge in [0.05, 0.1) is 22.7 Å². The summed E-state index contributed by atoms with van der Waals surface area (Å²) >= 11 is 0. The number of anilines is 3. The van der Waals surface area contributed by atoms with Crippen molar-refractivity contribution in [3.05, 3.63) is 35.5 Å². The smallest absolute Gasteiger partial charge is 0.162 e. The number of aryl methyl sites for hydroxylation is 2. The van der Waals surface area contributed by atoms with Crippen LogP contribution in [0, 0.1) is 18.3 Å². The van der Waals surface area contributed by atoms with Gasteiger partial charge >= 0.3 is 0 Å². The number of hydrogen-bond donors (Lipinski definition) is 3. The second-order valence-corrected chi connectivity index (χ2v) is 8.46. The van der Waals surface area contributed by atoms with Crippen LogP contribution in [0.3, 0.4) is 0 Å². The zero-order valence-corrected chi connectivity index (χ0v) is 18.1. The van der Waals surface area contributed by atoms with Crippen LogP contribution in [0.4, 0.5) is 17.3 Å². The molecule has 1 aromatic carbocycles. The number of piperazine rings is 1. The number of H-pyrrole nitrogens is 1. The lowest BCUT2D eigenvalue weighted by Crippen LogP contribution is -2.54. The molecule has 0 radical (unpaired) electrons. The number of hydrogen-bond acceptors (Lipinski definition) is 7. The summed E-state index contributed by atoms with van der Waals surface area (Å²) in [6.07, 6.45) is 1.89. The van der Waals surface area contributed by atoms with Gasteiger partial charge < -0.3 is 15.5 Å². The van der Waals surface area contributed by atoms with Crippen LogP contribution in [0.2, 0.25) is 0 Å². The number of nitriles is 1. The number of pyridine rings is 1. The molecule has 0 saturated carbocycles. The molecule has 1 fully saturated rings. The third-order valence-electron chi connectivity index (χ3n) is 5.71. The van der Waals surface area contributed by atoms with E-state index < -0.39 is 0 Å². The molecule has 1 saturated heterocycles. The highest BCUT2D eigenvalue weighted by atomic mass is 15.3. The maximum absolute atomic E-state index is 9.88. The molecule has 0 amide bonds. The summed E-state index contributed by atoms with van der Waals surface area (Å²) in [6, 6.07) is 9.10. The lowest BCUT2D eigenvalue weighted by Gasteiger charge is -2.37. The van der Waals surface area contributed by atoms with Crippen LogP contribution >= 0.6 is 0 Å². The summed E-state index contributed by atoms with van der Waals surface area (Å²) in [5.41, 5.74) is 5.16. The molecule has 5 rings (SSSR count). The highest BCUT2D eigenvalue weighted by Crippen LogP contribution is 2.32. The maximum atomic E-state index is 9.88. The molecule has 0 aliphatic carbocycles. The van der Waals surface area contributed by atoms with E-state index in [4.69, 9.17) is 0 Å². The normalized spacial score (nSPS) is 19.1. The molecule has 2 atom stereocenters. The second kappa shape index (κ2) is 7.25. The van der Waals surface area contributed by atoms with Crippen LogP contribution in [-0.2, 0) is 7.05 Å². The summed E-state index contributed by atoms with van der Waals surface area (Å²) < 4.78 is 1.76. The summed E-state index contributed by atoms with van der Waals surface area (Å²) in [4.78, 5) is 6.98. The highest BCUT2D eigenvalue weighted by molar-refractivity contribution is 5.98. The number of aromatic nitrogens is 5. The minimum absolute atomic E-state index is 0.390. The number of benzene rings is 1. The Balaban J connectivity index is 1.53. The SMILES string of the molecule is Cc1cc(Nc2n[nH]c3cc(N4C[C@H](C)N[C@@H](C)C4)cc(C#N)c23)nc2cn(C)nc12. The Morgan fingerprint density at radius 1 is 1.19 bits per heavy atom. The molecule has 158 valence electrons. The zero-order chi connectivity index (χ0) is 21.7. The molecule has 31 heavy (non-hydrogen) atoms. The molecule has 9 heteroatoms. The van der Waals surface area contributed by atoms with Gasteiger partial charge in [-0.05, 0) is 44.5 Å². The van der Waals surface area contributed by atoms with E-state index in [9.17, 15) is 5.26 Å². The zero-order valence-electron chi connectivity index (χ0n) is 18.1. The molecule has 9 nitrogen and oxygen atoms in total. The van der Waals surface area contributed by atoms with Crippen LogP contribution in [-0.4, -0.2) is 50.1 Å². The fraction of sp³-hybridized carbons (Fsp3) is 0.364. The van der Waals surface area contributed by atoms with Crippen LogP contribution in [0.1, 0.15) is 25.0 Å². The molecule has 4 aromatic rings. The summed E-state index contributed by atoms with van der Waals surface area (Å²) in [5, 5.41) is 29.5. The molecule has 4 heterocycles. The van der Waals surface area contributed by atoms with Crippen molar-refractivity contribution < 1.29 is 0 Å². The Kier molecular flexibility index (Phi) is 4.52. The number of rotatable bonds is 3. The van der Waals surface area contributed by atoms with Gasteiger partial charge in [0.2, 0.25) is 0 Å². The Morgan fingerprint density at radius 3 is 2.71 bits per heavy atom. The van der Waals surface area contributed by atoms with Gasteiger partial charge in [-0.25, -0.2) is 4.98 Å². The third kappa shape index (κ3) is 3.45. The predicted octanol–water partition coefficient (Wildman–Crippen LogP) is 2.95. The van der Waals surface area contributed by atoms with Crippen molar-refractivity contribution in [2.45, 2.75) is 32.9 Å². The fourth-order valence-electron chi connectivity index (χ4n) is 4.50. The summed E-state index contributed by atoms with van der Waals surface area (Å²) in [6.45, 7) is 8.16. The lowest BCUT2D eigenvalue weighted by molar-refractivity contribution is 0.407.